The molecule has 2 aromatic heterocycles. The predicted octanol–water partition coefficient (Wildman–Crippen LogP) is -0.744. The molecule has 13 nitrogen and oxygen atoms in total. The molecule has 2 fully saturated rings. The molecule has 3 atom stereocenters. The fourth-order valence-electron chi connectivity index (χ4n) is 4.68. The van der Waals surface area contributed by atoms with Crippen LogP contribution in [0.2, 0.25) is 0 Å². The third-order valence-corrected chi connectivity index (χ3v) is 6.77. The first kappa shape index (κ1) is 23.1. The number of nitrogens with two attached hydrogens (primary N) is 3. The topological polar surface area (TPSA) is 209 Å². The number of hydrogen-bond donors (Lipinski definition) is 5. The second-order valence-corrected chi connectivity index (χ2v) is 9.20. The number of aliphatic carboxylic acids is 1. The molecular formula is C20H30N8O5. The summed E-state index contributed by atoms with van der Waals surface area (Å²) >= 11 is 0. The van der Waals surface area contributed by atoms with Crippen LogP contribution in [0.1, 0.15) is 45.1 Å². The van der Waals surface area contributed by atoms with E-state index in [0.717, 1.165) is 0 Å². The molecule has 0 aromatic carbocycles. The Hall–Kier alpha value is -3.03. The van der Waals surface area contributed by atoms with E-state index < -0.39 is 29.3 Å². The number of nitrogens with zero attached hydrogens (tertiary/aromatic N) is 5. The third-order valence-electron chi connectivity index (χ3n) is 6.77. The minimum atomic E-state index is -1.19. The number of piperidine rings is 1. The first-order valence-corrected chi connectivity index (χ1v) is 10.9. The number of aliphatic hydroxyl groups is 1. The van der Waals surface area contributed by atoms with Crippen molar-refractivity contribution in [1.29, 1.82) is 0 Å². The Balaban J connectivity index is 1.48. The van der Waals surface area contributed by atoms with Crippen LogP contribution in [0.3, 0.4) is 0 Å². The van der Waals surface area contributed by atoms with Gasteiger partial charge in [0.1, 0.15) is 17.2 Å². The molecule has 0 saturated carbocycles. The zero-order valence-corrected chi connectivity index (χ0v) is 18.5. The highest BCUT2D eigenvalue weighted by atomic mass is 16.5. The highest BCUT2D eigenvalue weighted by molar-refractivity contribution is 5.82. The highest BCUT2D eigenvalue weighted by Crippen LogP contribution is 2.44. The lowest BCUT2D eigenvalue weighted by molar-refractivity contribution is -0.201. The summed E-state index contributed by atoms with van der Waals surface area (Å²) in [6.07, 6.45) is 3.42. The molecule has 0 radical (unpaired) electrons. The molecule has 0 aliphatic carbocycles. The number of carboxylic acids is 1. The van der Waals surface area contributed by atoms with Crippen LogP contribution in [0.15, 0.2) is 6.33 Å². The minimum absolute atomic E-state index is 0.0256. The van der Waals surface area contributed by atoms with Gasteiger partial charge in [0.15, 0.2) is 11.5 Å². The van der Waals surface area contributed by atoms with E-state index in [1.165, 1.54) is 0 Å². The summed E-state index contributed by atoms with van der Waals surface area (Å²) in [5, 5.41) is 20.0. The van der Waals surface area contributed by atoms with E-state index in [4.69, 9.17) is 27.0 Å². The average Bonchev–Trinajstić information content (AvgIpc) is 3.18. The summed E-state index contributed by atoms with van der Waals surface area (Å²) in [5.74, 6) is -1.04. The van der Waals surface area contributed by atoms with Crippen LogP contribution in [0.5, 0.6) is 0 Å². The van der Waals surface area contributed by atoms with Gasteiger partial charge in [0, 0.05) is 25.9 Å². The van der Waals surface area contributed by atoms with Crippen molar-refractivity contribution in [2.24, 2.45) is 5.73 Å². The van der Waals surface area contributed by atoms with Crippen molar-refractivity contribution < 1.29 is 24.5 Å². The Labute approximate surface area is 189 Å². The number of carboxylic acid groups (broad SMARTS) is 1. The van der Waals surface area contributed by atoms with Crippen LogP contribution in [-0.2, 0) is 14.3 Å². The summed E-state index contributed by atoms with van der Waals surface area (Å²) < 4.78 is 7.94. The third kappa shape index (κ3) is 4.43. The van der Waals surface area contributed by atoms with Gasteiger partial charge in [0.25, 0.3) is 0 Å². The van der Waals surface area contributed by atoms with Gasteiger partial charge in [0.05, 0.1) is 24.6 Å². The maximum absolute atomic E-state index is 12.5. The number of carbonyl (C=O) groups excluding carboxylic acids is 1. The van der Waals surface area contributed by atoms with Crippen molar-refractivity contribution in [3.8, 4) is 0 Å². The lowest BCUT2D eigenvalue weighted by atomic mass is 9.77. The number of fused-ring (bicyclic) bond motifs is 1. The average molecular weight is 463 g/mol. The van der Waals surface area contributed by atoms with Gasteiger partial charge in [-0.15, -0.1) is 0 Å². The number of rotatable bonds is 5. The molecular weight excluding hydrogens is 432 g/mol. The van der Waals surface area contributed by atoms with Crippen molar-refractivity contribution in [2.75, 3.05) is 31.2 Å². The number of anilines is 2. The number of carbonyl (C=O) groups is 2. The zero-order chi connectivity index (χ0) is 24.0. The number of imidazole rings is 1. The SMILES string of the molecule is C[C@]1(O)COC2(CCN(C(=O)CC[C@@H](N)C(=O)O)CC2)C[C@@H]1n1cnc2c(N)nc(N)nc21. The monoisotopic (exact) mass is 462 g/mol. The summed E-state index contributed by atoms with van der Waals surface area (Å²) in [6, 6.07) is -1.45. The van der Waals surface area contributed by atoms with Crippen molar-refractivity contribution in [3.63, 3.8) is 0 Å². The van der Waals surface area contributed by atoms with Crippen LogP contribution in [0.4, 0.5) is 11.8 Å². The van der Waals surface area contributed by atoms with Gasteiger partial charge >= 0.3 is 5.97 Å². The lowest BCUT2D eigenvalue weighted by Gasteiger charge is -2.51. The first-order chi connectivity index (χ1) is 15.5. The van der Waals surface area contributed by atoms with Gasteiger partial charge in [-0.1, -0.05) is 0 Å². The Kier molecular flexibility index (Phi) is 5.88. The van der Waals surface area contributed by atoms with Gasteiger partial charge in [-0.25, -0.2) is 4.98 Å². The Bertz CT molecular complexity index is 1060. The van der Waals surface area contributed by atoms with Gasteiger partial charge in [0.2, 0.25) is 11.9 Å². The maximum Gasteiger partial charge on any atom is 0.320 e. The van der Waals surface area contributed by atoms with Crippen LogP contribution in [-0.4, -0.2) is 83.4 Å². The highest BCUT2D eigenvalue weighted by Gasteiger charge is 2.50. The molecule has 2 saturated heterocycles. The predicted molar refractivity (Wildman–Crippen MR) is 118 cm³/mol. The number of amides is 1. The fourth-order valence-corrected chi connectivity index (χ4v) is 4.68. The van der Waals surface area contributed by atoms with Crippen molar-refractivity contribution in [1.82, 2.24) is 24.4 Å². The summed E-state index contributed by atoms with van der Waals surface area (Å²) in [4.78, 5) is 37.6. The van der Waals surface area contributed by atoms with E-state index in [9.17, 15) is 14.7 Å². The van der Waals surface area contributed by atoms with Gasteiger partial charge in [-0.2, -0.15) is 9.97 Å². The number of hydrogen-bond acceptors (Lipinski definition) is 10. The van der Waals surface area contributed by atoms with Gasteiger partial charge < -0.3 is 41.6 Å². The van der Waals surface area contributed by atoms with Crippen LogP contribution in [0.25, 0.3) is 11.2 Å². The molecule has 0 bridgehead atoms. The molecule has 4 rings (SSSR count). The quantitative estimate of drug-likeness (QED) is 0.373. The molecule has 0 unspecified atom stereocenters. The second kappa shape index (κ2) is 8.39. The minimum Gasteiger partial charge on any atom is -0.480 e. The van der Waals surface area contributed by atoms with Gasteiger partial charge in [-0.05, 0) is 26.2 Å². The summed E-state index contributed by atoms with van der Waals surface area (Å²) in [5.41, 5.74) is 16.4. The lowest BCUT2D eigenvalue weighted by Crippen LogP contribution is -2.57. The molecule has 8 N–H and O–H groups in total. The van der Waals surface area contributed by atoms with E-state index >= 15 is 0 Å². The normalized spacial score (nSPS) is 25.9. The smallest absolute Gasteiger partial charge is 0.320 e. The van der Waals surface area contributed by atoms with E-state index in [-0.39, 0.29) is 37.1 Å². The first-order valence-electron chi connectivity index (χ1n) is 10.9. The van der Waals surface area contributed by atoms with Crippen LogP contribution < -0.4 is 17.2 Å². The Morgan fingerprint density at radius 3 is 2.67 bits per heavy atom. The Morgan fingerprint density at radius 1 is 1.30 bits per heavy atom. The van der Waals surface area contributed by atoms with E-state index in [1.807, 2.05) is 0 Å². The van der Waals surface area contributed by atoms with E-state index in [1.54, 1.807) is 22.7 Å². The Morgan fingerprint density at radius 2 is 2.00 bits per heavy atom. The molecule has 2 aliphatic rings. The fraction of sp³-hybridized carbons (Fsp3) is 0.650. The molecule has 2 aromatic rings. The van der Waals surface area contributed by atoms with Crippen molar-refractivity contribution >= 4 is 34.8 Å². The number of aromatic nitrogens is 4. The molecule has 2 aliphatic heterocycles. The largest absolute Gasteiger partial charge is 0.480 e. The van der Waals surface area contributed by atoms with Crippen LogP contribution in [0, 0.1) is 0 Å². The number of ether oxygens (including phenoxy) is 1. The molecule has 4 heterocycles. The zero-order valence-electron chi connectivity index (χ0n) is 18.5. The molecule has 1 amide bonds. The summed E-state index contributed by atoms with van der Waals surface area (Å²) in [6.45, 7) is 2.76. The number of nitrogen functional groups attached to an aromatic ring is 2. The summed E-state index contributed by atoms with van der Waals surface area (Å²) in [7, 11) is 0. The van der Waals surface area contributed by atoms with Gasteiger partial charge in [-0.3, -0.25) is 9.59 Å². The van der Waals surface area contributed by atoms with E-state index in [0.29, 0.717) is 43.5 Å². The molecule has 33 heavy (non-hydrogen) atoms. The molecule has 180 valence electrons. The van der Waals surface area contributed by atoms with E-state index in [2.05, 4.69) is 15.0 Å². The number of likely N-dealkylation sites (tertiary alicyclic amines) is 1. The van der Waals surface area contributed by atoms with Crippen molar-refractivity contribution in [2.45, 2.75) is 62.3 Å². The van der Waals surface area contributed by atoms with Crippen LogP contribution >= 0.6 is 0 Å². The molecule has 1 spiro atoms. The maximum atomic E-state index is 12.5. The standard InChI is InChI=1S/C20H30N8O5/c1-19(32)9-33-20(4-6-27(7-5-20)13(29)3-2-11(21)17(30)31)8-12(19)28-10-24-14-15(22)25-18(23)26-16(14)28/h10-12,32H,2-9,21H2,1H3,(H,30,31)(H4,22,23,25,26)/t11-,12+,19+/m1/s1. The second-order valence-electron chi connectivity index (χ2n) is 9.20. The molecule has 13 heteroatoms. The van der Waals surface area contributed by atoms with Crippen molar-refractivity contribution in [3.05, 3.63) is 6.33 Å².